The molecule has 0 saturated carbocycles. The van der Waals surface area contributed by atoms with Crippen molar-refractivity contribution in [1.82, 2.24) is 24.5 Å². The molecule has 6 aromatic rings. The van der Waals surface area contributed by atoms with Crippen molar-refractivity contribution in [2.24, 2.45) is 0 Å². The molecule has 1 atom stereocenters. The normalized spacial score (nSPS) is 12.0. The first-order valence-electron chi connectivity index (χ1n) is 12.6. The first-order valence-corrected chi connectivity index (χ1v) is 13.0. The van der Waals surface area contributed by atoms with Crippen LogP contribution in [0.5, 0.6) is 5.88 Å². The van der Waals surface area contributed by atoms with Crippen molar-refractivity contribution in [2.45, 2.75) is 13.0 Å². The molecule has 0 saturated heterocycles. The Morgan fingerprint density at radius 2 is 1.83 bits per heavy atom. The topological polar surface area (TPSA) is 115 Å². The van der Waals surface area contributed by atoms with E-state index in [9.17, 15) is 14.0 Å². The zero-order chi connectivity index (χ0) is 28.7. The molecule has 9 nitrogen and oxygen atoms in total. The number of methoxy groups -OCH3 is 1. The van der Waals surface area contributed by atoms with Crippen LogP contribution in [-0.4, -0.2) is 31.6 Å². The van der Waals surface area contributed by atoms with Crippen LogP contribution in [0.2, 0.25) is 5.02 Å². The maximum absolute atomic E-state index is 14.6. The van der Waals surface area contributed by atoms with Crippen LogP contribution in [-0.2, 0) is 0 Å². The number of hydrogen-bond donors (Lipinski definition) is 2. The molecule has 41 heavy (non-hydrogen) atoms. The molecule has 2 aromatic carbocycles. The van der Waals surface area contributed by atoms with Crippen molar-refractivity contribution in [3.05, 3.63) is 116 Å². The van der Waals surface area contributed by atoms with Crippen LogP contribution in [0.15, 0.2) is 89.0 Å². The maximum atomic E-state index is 14.6. The lowest BCUT2D eigenvalue weighted by Gasteiger charge is -2.24. The van der Waals surface area contributed by atoms with Crippen LogP contribution in [0.3, 0.4) is 0 Å². The SMILES string of the molecule is COc1ncc(-c2cccc3c(Cl)c([C@H](C)Nc4ncnc5[nH]ccc(=O)c45)n(-c4ccccc4)c(=O)c23)cc1F. The number of fused-ring (bicyclic) bond motifs is 2. The second kappa shape index (κ2) is 10.5. The summed E-state index contributed by atoms with van der Waals surface area (Å²) in [4.78, 5) is 42.5. The van der Waals surface area contributed by atoms with Crippen LogP contribution >= 0.6 is 11.6 Å². The van der Waals surface area contributed by atoms with Gasteiger partial charge in [-0.2, -0.15) is 0 Å². The van der Waals surface area contributed by atoms with Gasteiger partial charge < -0.3 is 15.0 Å². The lowest BCUT2D eigenvalue weighted by atomic mass is 9.98. The van der Waals surface area contributed by atoms with E-state index in [1.165, 1.54) is 42.5 Å². The van der Waals surface area contributed by atoms with Crippen LogP contribution in [0.1, 0.15) is 18.7 Å². The Hall–Kier alpha value is -5.09. The summed E-state index contributed by atoms with van der Waals surface area (Å²) in [6, 6.07) is 16.3. The highest BCUT2D eigenvalue weighted by Crippen LogP contribution is 2.37. The molecule has 0 aliphatic heterocycles. The summed E-state index contributed by atoms with van der Waals surface area (Å²) in [5.74, 6) is -0.508. The molecular formula is C30H22ClFN6O3. The smallest absolute Gasteiger partial charge is 0.263 e. The minimum atomic E-state index is -0.655. The summed E-state index contributed by atoms with van der Waals surface area (Å²) in [6.45, 7) is 1.82. The minimum absolute atomic E-state index is 0.146. The number of nitrogens with zero attached hydrogens (tertiary/aromatic N) is 4. The molecule has 0 unspecified atom stereocenters. The monoisotopic (exact) mass is 568 g/mol. The van der Waals surface area contributed by atoms with Crippen molar-refractivity contribution in [3.8, 4) is 22.7 Å². The Morgan fingerprint density at radius 1 is 1.02 bits per heavy atom. The fraction of sp³-hybridized carbons (Fsp3) is 0.100. The average Bonchev–Trinajstić information content (AvgIpc) is 2.99. The van der Waals surface area contributed by atoms with Gasteiger partial charge in [-0.15, -0.1) is 0 Å². The van der Waals surface area contributed by atoms with E-state index in [-0.39, 0.29) is 22.3 Å². The van der Waals surface area contributed by atoms with E-state index < -0.39 is 11.9 Å². The van der Waals surface area contributed by atoms with Gasteiger partial charge in [0.05, 0.1) is 29.3 Å². The summed E-state index contributed by atoms with van der Waals surface area (Å²) in [5.41, 5.74) is 1.63. The molecule has 0 aliphatic rings. The molecule has 0 amide bonds. The Balaban J connectivity index is 1.61. The quantitative estimate of drug-likeness (QED) is 0.266. The number of para-hydroxylation sites is 1. The molecule has 11 heteroatoms. The zero-order valence-electron chi connectivity index (χ0n) is 21.9. The number of aromatic amines is 1. The first kappa shape index (κ1) is 26.1. The molecule has 0 aliphatic carbocycles. The van der Waals surface area contributed by atoms with Crippen molar-refractivity contribution in [1.29, 1.82) is 0 Å². The second-order valence-electron chi connectivity index (χ2n) is 9.27. The number of rotatable bonds is 6. The van der Waals surface area contributed by atoms with Crippen LogP contribution in [0.25, 0.3) is 38.6 Å². The largest absolute Gasteiger partial charge is 0.479 e. The molecule has 2 N–H and O–H groups in total. The van der Waals surface area contributed by atoms with Crippen LogP contribution in [0, 0.1) is 5.82 Å². The maximum Gasteiger partial charge on any atom is 0.263 e. The van der Waals surface area contributed by atoms with Crippen molar-refractivity contribution in [2.75, 3.05) is 12.4 Å². The molecule has 0 spiro atoms. The van der Waals surface area contributed by atoms with E-state index in [2.05, 4.69) is 25.3 Å². The number of pyridine rings is 3. The third-order valence-electron chi connectivity index (χ3n) is 6.82. The highest BCUT2D eigenvalue weighted by molar-refractivity contribution is 6.36. The number of halogens is 2. The molecule has 204 valence electrons. The van der Waals surface area contributed by atoms with Gasteiger partial charge in [0.1, 0.15) is 23.2 Å². The first-order chi connectivity index (χ1) is 19.9. The number of nitrogens with one attached hydrogen (secondary N) is 2. The minimum Gasteiger partial charge on any atom is -0.479 e. The number of anilines is 1. The Morgan fingerprint density at radius 3 is 2.59 bits per heavy atom. The number of aromatic nitrogens is 5. The Bertz CT molecular complexity index is 2060. The van der Waals surface area contributed by atoms with Gasteiger partial charge in [-0.3, -0.25) is 14.2 Å². The predicted octanol–water partition coefficient (Wildman–Crippen LogP) is 5.66. The summed E-state index contributed by atoms with van der Waals surface area (Å²) >= 11 is 7.11. The lowest BCUT2D eigenvalue weighted by molar-refractivity contribution is 0.369. The predicted molar refractivity (Wildman–Crippen MR) is 156 cm³/mol. The van der Waals surface area contributed by atoms with Crippen molar-refractivity contribution >= 4 is 39.2 Å². The van der Waals surface area contributed by atoms with Crippen LogP contribution < -0.4 is 21.0 Å². The number of ether oxygens (including phenoxy) is 1. The molecule has 0 fully saturated rings. The van der Waals surface area contributed by atoms with Crippen molar-refractivity contribution in [3.63, 3.8) is 0 Å². The van der Waals surface area contributed by atoms with Gasteiger partial charge in [0, 0.05) is 35.1 Å². The van der Waals surface area contributed by atoms with E-state index in [1.54, 1.807) is 30.3 Å². The van der Waals surface area contributed by atoms with Gasteiger partial charge in [-0.25, -0.2) is 19.3 Å². The van der Waals surface area contributed by atoms with E-state index >= 15 is 0 Å². The molecule has 4 aromatic heterocycles. The molecule has 0 bridgehead atoms. The van der Waals surface area contributed by atoms with E-state index in [0.717, 1.165) is 0 Å². The number of benzene rings is 2. The second-order valence-corrected chi connectivity index (χ2v) is 9.65. The van der Waals surface area contributed by atoms with Gasteiger partial charge in [-0.1, -0.05) is 48.0 Å². The lowest BCUT2D eigenvalue weighted by Crippen LogP contribution is -2.27. The molecule has 6 rings (SSSR count). The standard InChI is InChI=1S/C30H22ClFN6O3/c1-16(37-28-24-22(39)11-12-33-27(24)35-15-36-28)26-25(31)20-10-6-9-19(17-13-21(32)29(41-2)34-14-17)23(20)30(40)38(26)18-7-4-3-5-8-18/h3-16H,1-2H3,(H2,33,35,36,37,39)/t16-/m0/s1. The van der Waals surface area contributed by atoms with E-state index in [1.807, 2.05) is 25.1 Å². The summed E-state index contributed by atoms with van der Waals surface area (Å²) in [7, 11) is 1.33. The molecule has 4 heterocycles. The third kappa shape index (κ3) is 4.48. The zero-order valence-corrected chi connectivity index (χ0v) is 22.6. The van der Waals surface area contributed by atoms with Crippen molar-refractivity contribution < 1.29 is 9.13 Å². The highest BCUT2D eigenvalue weighted by Gasteiger charge is 2.24. The number of hydrogen-bond acceptors (Lipinski definition) is 7. The summed E-state index contributed by atoms with van der Waals surface area (Å²) < 4.78 is 21.1. The highest BCUT2D eigenvalue weighted by atomic mass is 35.5. The number of H-pyrrole nitrogens is 1. The summed E-state index contributed by atoms with van der Waals surface area (Å²) in [6.07, 6.45) is 4.31. The van der Waals surface area contributed by atoms with E-state index in [0.29, 0.717) is 49.8 Å². The van der Waals surface area contributed by atoms with E-state index in [4.69, 9.17) is 16.3 Å². The third-order valence-corrected chi connectivity index (χ3v) is 7.22. The molecule has 0 radical (unpaired) electrons. The molecular weight excluding hydrogens is 547 g/mol. The van der Waals surface area contributed by atoms with Crippen LogP contribution in [0.4, 0.5) is 10.2 Å². The van der Waals surface area contributed by atoms with Gasteiger partial charge in [0.2, 0.25) is 5.88 Å². The fourth-order valence-electron chi connectivity index (χ4n) is 4.99. The average molecular weight is 569 g/mol. The Kier molecular flexibility index (Phi) is 6.68. The van der Waals surface area contributed by atoms with Gasteiger partial charge in [0.25, 0.3) is 5.56 Å². The Labute approximate surface area is 237 Å². The van der Waals surface area contributed by atoms with Gasteiger partial charge in [0.15, 0.2) is 11.2 Å². The van der Waals surface area contributed by atoms with Gasteiger partial charge in [-0.05, 0) is 30.7 Å². The summed E-state index contributed by atoms with van der Waals surface area (Å²) in [5, 5.41) is 4.63. The van der Waals surface area contributed by atoms with Gasteiger partial charge >= 0.3 is 0 Å². The fourth-order valence-corrected chi connectivity index (χ4v) is 5.40.